The lowest BCUT2D eigenvalue weighted by Gasteiger charge is -2.20. The van der Waals surface area contributed by atoms with Crippen molar-refractivity contribution in [3.05, 3.63) is 59.2 Å². The molecule has 0 radical (unpaired) electrons. The van der Waals surface area contributed by atoms with Gasteiger partial charge in [-0.1, -0.05) is 52.3 Å². The first-order chi connectivity index (χ1) is 8.79. The second-order valence-corrected chi connectivity index (χ2v) is 5.15. The van der Waals surface area contributed by atoms with Crippen LogP contribution in [0.3, 0.4) is 0 Å². The van der Waals surface area contributed by atoms with E-state index < -0.39 is 0 Å². The van der Waals surface area contributed by atoms with Crippen LogP contribution in [0.5, 0.6) is 0 Å². The van der Waals surface area contributed by atoms with Crippen molar-refractivity contribution in [2.75, 3.05) is 5.33 Å². The molecule has 0 saturated heterocycles. The van der Waals surface area contributed by atoms with Crippen LogP contribution in [0.15, 0.2) is 42.5 Å². The Hall–Kier alpha value is -1.41. The van der Waals surface area contributed by atoms with Gasteiger partial charge in [0.05, 0.1) is 5.33 Å². The number of fused-ring (bicyclic) bond motifs is 3. The van der Waals surface area contributed by atoms with Gasteiger partial charge in [0, 0.05) is 5.56 Å². The highest BCUT2D eigenvalue weighted by Crippen LogP contribution is 2.33. The number of benzene rings is 2. The highest BCUT2D eigenvalue weighted by Gasteiger charge is 2.16. The van der Waals surface area contributed by atoms with Crippen LogP contribution >= 0.6 is 15.9 Å². The third kappa shape index (κ3) is 1.91. The molecule has 0 aliphatic heterocycles. The van der Waals surface area contributed by atoms with Crippen molar-refractivity contribution in [2.24, 2.45) is 0 Å². The number of alkyl halides is 1. The minimum atomic E-state index is 0.150. The summed E-state index contributed by atoms with van der Waals surface area (Å²) in [5, 5.41) is 0.391. The third-order valence-corrected chi connectivity index (χ3v) is 4.03. The Morgan fingerprint density at radius 2 is 1.72 bits per heavy atom. The molecule has 2 heteroatoms. The minimum absolute atomic E-state index is 0.150. The lowest BCUT2D eigenvalue weighted by Crippen LogP contribution is -2.07. The summed E-state index contributed by atoms with van der Waals surface area (Å²) < 4.78 is 0. The number of rotatable bonds is 2. The first-order valence-corrected chi connectivity index (χ1v) is 7.22. The van der Waals surface area contributed by atoms with Crippen LogP contribution in [0.1, 0.15) is 21.5 Å². The van der Waals surface area contributed by atoms with Crippen LogP contribution < -0.4 is 0 Å². The average Bonchev–Trinajstić information content (AvgIpc) is 2.45. The maximum absolute atomic E-state index is 11.7. The number of hydrogen-bond acceptors (Lipinski definition) is 1. The second kappa shape index (κ2) is 4.69. The molecule has 0 saturated carbocycles. The van der Waals surface area contributed by atoms with Gasteiger partial charge in [0.15, 0.2) is 5.78 Å². The van der Waals surface area contributed by atoms with Crippen LogP contribution in [0.2, 0.25) is 0 Å². The van der Waals surface area contributed by atoms with Gasteiger partial charge >= 0.3 is 0 Å². The fraction of sp³-hybridized carbons (Fsp3) is 0.188. The zero-order valence-electron chi connectivity index (χ0n) is 9.95. The van der Waals surface area contributed by atoms with E-state index in [1.54, 1.807) is 0 Å². The van der Waals surface area contributed by atoms with Gasteiger partial charge in [0.25, 0.3) is 0 Å². The Labute approximate surface area is 115 Å². The molecule has 2 aromatic carbocycles. The topological polar surface area (TPSA) is 17.1 Å². The minimum Gasteiger partial charge on any atom is -0.293 e. The van der Waals surface area contributed by atoms with Gasteiger partial charge in [0.1, 0.15) is 0 Å². The second-order valence-electron chi connectivity index (χ2n) is 4.59. The first kappa shape index (κ1) is 11.7. The van der Waals surface area contributed by atoms with Gasteiger partial charge in [0.2, 0.25) is 0 Å². The molecule has 0 bridgehead atoms. The molecule has 0 amide bonds. The van der Waals surface area contributed by atoms with E-state index in [1.165, 1.54) is 22.3 Å². The SMILES string of the molecule is O=C(CBr)c1ccc2c(c1)CCc1ccccc1-2. The molecule has 0 fully saturated rings. The van der Waals surface area contributed by atoms with E-state index in [9.17, 15) is 4.79 Å². The van der Waals surface area contributed by atoms with Crippen LogP contribution in [-0.4, -0.2) is 11.1 Å². The summed E-state index contributed by atoms with van der Waals surface area (Å²) >= 11 is 3.22. The maximum atomic E-state index is 11.7. The summed E-state index contributed by atoms with van der Waals surface area (Å²) in [4.78, 5) is 11.7. The number of carbonyl (C=O) groups is 1. The number of Topliss-reactive ketones (excluding diaryl/α,β-unsaturated/α-hetero) is 1. The van der Waals surface area contributed by atoms with Gasteiger partial charge in [-0.05, 0) is 41.2 Å². The molecule has 3 rings (SSSR count). The summed E-state index contributed by atoms with van der Waals surface area (Å²) in [7, 11) is 0. The van der Waals surface area contributed by atoms with Crippen molar-refractivity contribution in [1.29, 1.82) is 0 Å². The quantitative estimate of drug-likeness (QED) is 0.604. The molecular formula is C16H13BrO. The fourth-order valence-electron chi connectivity index (χ4n) is 2.58. The van der Waals surface area contributed by atoms with Crippen molar-refractivity contribution in [3.63, 3.8) is 0 Å². The summed E-state index contributed by atoms with van der Waals surface area (Å²) in [6, 6.07) is 14.6. The lowest BCUT2D eigenvalue weighted by molar-refractivity contribution is 0.102. The summed E-state index contributed by atoms with van der Waals surface area (Å²) in [5.41, 5.74) is 6.11. The molecule has 0 atom stereocenters. The first-order valence-electron chi connectivity index (χ1n) is 6.10. The van der Waals surface area contributed by atoms with E-state index in [-0.39, 0.29) is 5.78 Å². The van der Waals surface area contributed by atoms with E-state index in [0.29, 0.717) is 5.33 Å². The van der Waals surface area contributed by atoms with Crippen molar-refractivity contribution >= 4 is 21.7 Å². The highest BCUT2D eigenvalue weighted by molar-refractivity contribution is 9.09. The zero-order valence-corrected chi connectivity index (χ0v) is 11.5. The van der Waals surface area contributed by atoms with Crippen LogP contribution in [0.4, 0.5) is 0 Å². The van der Waals surface area contributed by atoms with Gasteiger partial charge in [-0.3, -0.25) is 4.79 Å². The van der Waals surface area contributed by atoms with E-state index in [4.69, 9.17) is 0 Å². The Morgan fingerprint density at radius 3 is 2.56 bits per heavy atom. The lowest BCUT2D eigenvalue weighted by atomic mass is 9.84. The molecule has 1 nitrogen and oxygen atoms in total. The smallest absolute Gasteiger partial charge is 0.173 e. The Kier molecular flexibility index (Phi) is 3.04. The predicted octanol–water partition coefficient (Wildman–Crippen LogP) is 4.03. The number of ketones is 1. The molecule has 0 heterocycles. The standard InChI is InChI=1S/C16H13BrO/c17-10-16(18)13-7-8-15-12(9-13)6-5-11-3-1-2-4-14(11)15/h1-4,7-9H,5-6,10H2. The molecule has 1 aliphatic rings. The number of aryl methyl sites for hydroxylation is 2. The predicted molar refractivity (Wildman–Crippen MR) is 77.4 cm³/mol. The van der Waals surface area contributed by atoms with Crippen molar-refractivity contribution in [1.82, 2.24) is 0 Å². The molecular weight excluding hydrogens is 288 g/mol. The van der Waals surface area contributed by atoms with Crippen molar-refractivity contribution in [3.8, 4) is 11.1 Å². The highest BCUT2D eigenvalue weighted by atomic mass is 79.9. The summed E-state index contributed by atoms with van der Waals surface area (Å²) in [6.07, 6.45) is 2.09. The van der Waals surface area contributed by atoms with Crippen LogP contribution in [0.25, 0.3) is 11.1 Å². The van der Waals surface area contributed by atoms with Gasteiger partial charge in [-0.2, -0.15) is 0 Å². The molecule has 0 N–H and O–H groups in total. The Morgan fingerprint density at radius 1 is 1.00 bits per heavy atom. The molecule has 0 unspecified atom stereocenters. The van der Waals surface area contributed by atoms with E-state index >= 15 is 0 Å². The number of halogens is 1. The third-order valence-electron chi connectivity index (χ3n) is 3.52. The van der Waals surface area contributed by atoms with Crippen LogP contribution in [0, 0.1) is 0 Å². The molecule has 2 aromatic rings. The summed E-state index contributed by atoms with van der Waals surface area (Å²) in [6.45, 7) is 0. The largest absolute Gasteiger partial charge is 0.293 e. The normalized spacial score (nSPS) is 12.7. The molecule has 0 aromatic heterocycles. The number of hydrogen-bond donors (Lipinski definition) is 0. The monoisotopic (exact) mass is 300 g/mol. The maximum Gasteiger partial charge on any atom is 0.173 e. The van der Waals surface area contributed by atoms with Gasteiger partial charge < -0.3 is 0 Å². The van der Waals surface area contributed by atoms with Crippen molar-refractivity contribution in [2.45, 2.75) is 12.8 Å². The Bertz CT molecular complexity index is 616. The molecule has 90 valence electrons. The van der Waals surface area contributed by atoms with E-state index in [1.807, 2.05) is 6.07 Å². The molecule has 0 spiro atoms. The van der Waals surface area contributed by atoms with E-state index in [0.717, 1.165) is 18.4 Å². The fourth-order valence-corrected chi connectivity index (χ4v) is 2.91. The summed E-state index contributed by atoms with van der Waals surface area (Å²) in [5.74, 6) is 0.150. The van der Waals surface area contributed by atoms with Crippen LogP contribution in [-0.2, 0) is 12.8 Å². The van der Waals surface area contributed by atoms with Gasteiger partial charge in [-0.25, -0.2) is 0 Å². The van der Waals surface area contributed by atoms with Crippen molar-refractivity contribution < 1.29 is 4.79 Å². The van der Waals surface area contributed by atoms with Gasteiger partial charge in [-0.15, -0.1) is 0 Å². The zero-order chi connectivity index (χ0) is 12.5. The molecule has 1 aliphatic carbocycles. The van der Waals surface area contributed by atoms with E-state index in [2.05, 4.69) is 52.3 Å². The number of carbonyl (C=O) groups excluding carboxylic acids is 1. The Balaban J connectivity index is 2.11. The molecule has 18 heavy (non-hydrogen) atoms. The average molecular weight is 301 g/mol.